The van der Waals surface area contributed by atoms with Crippen LogP contribution in [0, 0.1) is 13.8 Å². The zero-order chi connectivity index (χ0) is 23.3. The molecule has 0 atom stereocenters. The van der Waals surface area contributed by atoms with Gasteiger partial charge in [-0.3, -0.25) is 9.10 Å². The van der Waals surface area contributed by atoms with Crippen molar-refractivity contribution in [2.45, 2.75) is 18.7 Å². The van der Waals surface area contributed by atoms with Gasteiger partial charge in [-0.05, 0) is 67.9 Å². The van der Waals surface area contributed by atoms with Crippen LogP contribution in [0.4, 0.5) is 11.4 Å². The fourth-order valence-electron chi connectivity index (χ4n) is 3.14. The topological polar surface area (TPSA) is 84.9 Å². The van der Waals surface area contributed by atoms with E-state index < -0.39 is 22.5 Å². The summed E-state index contributed by atoms with van der Waals surface area (Å²) in [6, 6.07) is 18.4. The maximum absolute atomic E-state index is 13.5. The van der Waals surface area contributed by atoms with E-state index in [0.717, 1.165) is 15.4 Å². The van der Waals surface area contributed by atoms with Gasteiger partial charge in [0.15, 0.2) is 0 Å². The number of nitrogens with zero attached hydrogens (tertiary/aromatic N) is 1. The Balaban J connectivity index is 1.96. The Morgan fingerprint density at radius 2 is 1.50 bits per heavy atom. The lowest BCUT2D eigenvalue weighted by atomic mass is 10.2. The predicted octanol–water partition coefficient (Wildman–Crippen LogP) is 4.15. The molecule has 0 aliphatic rings. The summed E-state index contributed by atoms with van der Waals surface area (Å²) in [7, 11) is -0.969. The second-order valence-electron chi connectivity index (χ2n) is 7.27. The van der Waals surface area contributed by atoms with Crippen molar-refractivity contribution in [1.82, 2.24) is 0 Å². The number of hydrogen-bond acceptors (Lipinski definition) is 5. The van der Waals surface area contributed by atoms with Crippen LogP contribution in [0.3, 0.4) is 0 Å². The summed E-state index contributed by atoms with van der Waals surface area (Å²) in [5.41, 5.74) is 2.68. The van der Waals surface area contributed by atoms with Gasteiger partial charge in [-0.25, -0.2) is 8.42 Å². The van der Waals surface area contributed by atoms with E-state index in [1.165, 1.54) is 26.4 Å². The number of sulfonamides is 1. The minimum absolute atomic E-state index is 0.0971. The van der Waals surface area contributed by atoms with Gasteiger partial charge in [0, 0.05) is 0 Å². The predicted molar refractivity (Wildman–Crippen MR) is 125 cm³/mol. The molecular weight excluding hydrogens is 428 g/mol. The number of benzene rings is 3. The first kappa shape index (κ1) is 23.1. The first-order valence-electron chi connectivity index (χ1n) is 9.92. The van der Waals surface area contributed by atoms with Gasteiger partial charge in [0.2, 0.25) is 5.91 Å². The summed E-state index contributed by atoms with van der Waals surface area (Å²) in [5, 5.41) is 2.76. The molecule has 0 bridgehead atoms. The zero-order valence-corrected chi connectivity index (χ0v) is 19.3. The largest absolute Gasteiger partial charge is 0.497 e. The van der Waals surface area contributed by atoms with Gasteiger partial charge in [0.05, 0.1) is 30.5 Å². The maximum Gasteiger partial charge on any atom is 0.264 e. The van der Waals surface area contributed by atoms with E-state index in [9.17, 15) is 13.2 Å². The summed E-state index contributed by atoms with van der Waals surface area (Å²) in [4.78, 5) is 13.0. The summed E-state index contributed by atoms with van der Waals surface area (Å²) in [6.45, 7) is 3.35. The van der Waals surface area contributed by atoms with E-state index in [-0.39, 0.29) is 4.90 Å². The van der Waals surface area contributed by atoms with Crippen LogP contribution in [0.15, 0.2) is 71.6 Å². The molecule has 8 heteroatoms. The third-order valence-electron chi connectivity index (χ3n) is 4.89. The number of amides is 1. The minimum atomic E-state index is -4.00. The first-order valence-corrected chi connectivity index (χ1v) is 11.4. The van der Waals surface area contributed by atoms with Gasteiger partial charge in [0.25, 0.3) is 10.0 Å². The molecule has 3 rings (SSSR count). The van der Waals surface area contributed by atoms with Crippen molar-refractivity contribution >= 4 is 27.3 Å². The maximum atomic E-state index is 13.5. The fraction of sp³-hybridized carbons (Fsp3) is 0.208. The van der Waals surface area contributed by atoms with Gasteiger partial charge < -0.3 is 14.8 Å². The highest BCUT2D eigenvalue weighted by Crippen LogP contribution is 2.28. The molecular formula is C24H26N2O5S. The monoisotopic (exact) mass is 454 g/mol. The van der Waals surface area contributed by atoms with Crippen molar-refractivity contribution in [3.8, 4) is 11.5 Å². The van der Waals surface area contributed by atoms with Crippen molar-refractivity contribution in [3.63, 3.8) is 0 Å². The van der Waals surface area contributed by atoms with Crippen molar-refractivity contribution in [1.29, 1.82) is 0 Å². The van der Waals surface area contributed by atoms with E-state index in [1.807, 2.05) is 19.9 Å². The molecule has 3 aromatic rings. The van der Waals surface area contributed by atoms with E-state index in [4.69, 9.17) is 9.47 Å². The quantitative estimate of drug-likeness (QED) is 0.553. The molecule has 32 heavy (non-hydrogen) atoms. The molecule has 0 saturated carbocycles. The van der Waals surface area contributed by atoms with Crippen LogP contribution in [0.1, 0.15) is 11.1 Å². The minimum Gasteiger partial charge on any atom is -0.497 e. The molecule has 0 saturated heterocycles. The van der Waals surface area contributed by atoms with Crippen molar-refractivity contribution in [3.05, 3.63) is 77.9 Å². The Labute approximate surface area is 188 Å². The Morgan fingerprint density at radius 1 is 0.875 bits per heavy atom. The van der Waals surface area contributed by atoms with Gasteiger partial charge in [-0.1, -0.05) is 23.8 Å². The second-order valence-corrected chi connectivity index (χ2v) is 9.14. The van der Waals surface area contributed by atoms with E-state index in [2.05, 4.69) is 5.32 Å². The normalized spacial score (nSPS) is 11.0. The fourth-order valence-corrected chi connectivity index (χ4v) is 4.56. The average molecular weight is 455 g/mol. The van der Waals surface area contributed by atoms with E-state index in [0.29, 0.717) is 22.9 Å². The molecule has 0 aliphatic heterocycles. The molecule has 168 valence electrons. The van der Waals surface area contributed by atoms with Crippen molar-refractivity contribution in [2.24, 2.45) is 0 Å². The van der Waals surface area contributed by atoms with Crippen LogP contribution >= 0.6 is 0 Å². The number of carbonyl (C=O) groups excluding carboxylic acids is 1. The lowest BCUT2D eigenvalue weighted by molar-refractivity contribution is -0.114. The SMILES string of the molecule is COc1ccc(N(CC(=O)Nc2cc(C)ccc2OC)S(=O)(=O)c2ccc(C)cc2)cc1. The molecule has 0 aliphatic carbocycles. The number of methoxy groups -OCH3 is 2. The Kier molecular flexibility index (Phi) is 7.05. The highest BCUT2D eigenvalue weighted by molar-refractivity contribution is 7.92. The third-order valence-corrected chi connectivity index (χ3v) is 6.67. The van der Waals surface area contributed by atoms with Crippen LogP contribution in [0.5, 0.6) is 11.5 Å². The summed E-state index contributed by atoms with van der Waals surface area (Å²) >= 11 is 0. The Bertz CT molecular complexity index is 1190. The summed E-state index contributed by atoms with van der Waals surface area (Å²) in [6.07, 6.45) is 0. The average Bonchev–Trinajstić information content (AvgIpc) is 2.78. The zero-order valence-electron chi connectivity index (χ0n) is 18.5. The molecule has 0 unspecified atom stereocenters. The smallest absolute Gasteiger partial charge is 0.264 e. The lowest BCUT2D eigenvalue weighted by Crippen LogP contribution is -2.38. The summed E-state index contributed by atoms with van der Waals surface area (Å²) in [5.74, 6) is 0.567. The van der Waals surface area contributed by atoms with Crippen molar-refractivity contribution in [2.75, 3.05) is 30.4 Å². The lowest BCUT2D eigenvalue weighted by Gasteiger charge is -2.24. The Morgan fingerprint density at radius 3 is 2.09 bits per heavy atom. The number of aryl methyl sites for hydroxylation is 2. The highest BCUT2D eigenvalue weighted by Gasteiger charge is 2.27. The molecule has 0 aromatic heterocycles. The number of anilines is 2. The molecule has 7 nitrogen and oxygen atoms in total. The summed E-state index contributed by atoms with van der Waals surface area (Å²) < 4.78 is 38.5. The van der Waals surface area contributed by atoms with Gasteiger partial charge in [-0.2, -0.15) is 0 Å². The molecule has 0 fully saturated rings. The molecule has 0 heterocycles. The molecule has 1 N–H and O–H groups in total. The van der Waals surface area contributed by atoms with Gasteiger partial charge in [0.1, 0.15) is 18.0 Å². The molecule has 1 amide bonds. The highest BCUT2D eigenvalue weighted by atomic mass is 32.2. The third kappa shape index (κ3) is 5.20. The van der Waals surface area contributed by atoms with Crippen LogP contribution < -0.4 is 19.1 Å². The number of nitrogens with one attached hydrogen (secondary N) is 1. The molecule has 0 radical (unpaired) electrons. The molecule has 3 aromatic carbocycles. The second kappa shape index (κ2) is 9.74. The van der Waals surface area contributed by atoms with Crippen molar-refractivity contribution < 1.29 is 22.7 Å². The first-order chi connectivity index (χ1) is 15.2. The van der Waals surface area contributed by atoms with Crippen LogP contribution in [-0.2, 0) is 14.8 Å². The van der Waals surface area contributed by atoms with Crippen LogP contribution in [0.2, 0.25) is 0 Å². The van der Waals surface area contributed by atoms with Crippen LogP contribution in [-0.4, -0.2) is 35.1 Å². The van der Waals surface area contributed by atoms with E-state index in [1.54, 1.807) is 48.5 Å². The standard InChI is InChI=1S/C24H26N2O5S/c1-17-5-12-21(13-6-17)32(28,29)26(19-8-10-20(30-3)11-9-19)16-24(27)25-22-15-18(2)7-14-23(22)31-4/h5-15H,16H2,1-4H3,(H,25,27). The van der Waals surface area contributed by atoms with E-state index >= 15 is 0 Å². The van der Waals surface area contributed by atoms with Gasteiger partial charge >= 0.3 is 0 Å². The number of carbonyl (C=O) groups is 1. The van der Waals surface area contributed by atoms with Crippen LogP contribution in [0.25, 0.3) is 0 Å². The van der Waals surface area contributed by atoms with Gasteiger partial charge in [-0.15, -0.1) is 0 Å². The number of hydrogen-bond donors (Lipinski definition) is 1. The number of ether oxygens (including phenoxy) is 2. The Hall–Kier alpha value is -3.52. The molecule has 0 spiro atoms. The number of rotatable bonds is 8.